The van der Waals surface area contributed by atoms with Gasteiger partial charge in [0, 0.05) is 57.2 Å². The molecule has 2 aromatic carbocycles. The van der Waals surface area contributed by atoms with Crippen molar-refractivity contribution in [3.63, 3.8) is 0 Å². The number of pyridine rings is 1. The quantitative estimate of drug-likeness (QED) is 0.332. The molecule has 1 saturated heterocycles. The second-order valence-corrected chi connectivity index (χ2v) is 11.8. The van der Waals surface area contributed by atoms with Gasteiger partial charge in [0.2, 0.25) is 0 Å². The van der Waals surface area contributed by atoms with Gasteiger partial charge in [-0.2, -0.15) is 0 Å². The van der Waals surface area contributed by atoms with Crippen LogP contribution in [0.3, 0.4) is 0 Å². The summed E-state index contributed by atoms with van der Waals surface area (Å²) in [5.41, 5.74) is 7.68. The van der Waals surface area contributed by atoms with E-state index < -0.39 is 11.4 Å². The number of carboxylic acid groups (broad SMARTS) is 1. The number of hydrogen-bond acceptors (Lipinski definition) is 7. The lowest BCUT2D eigenvalue weighted by Gasteiger charge is -2.31. The van der Waals surface area contributed by atoms with E-state index in [4.69, 9.17) is 9.72 Å². The summed E-state index contributed by atoms with van der Waals surface area (Å²) < 4.78 is 6.45. The summed E-state index contributed by atoms with van der Waals surface area (Å²) >= 11 is 0. The summed E-state index contributed by atoms with van der Waals surface area (Å²) in [4.78, 5) is 25.3. The first-order chi connectivity index (χ1) is 20.4. The maximum atomic E-state index is 11.7. The standard InChI is InChI=1S/C34H39N5O3/c1-23-25(12-11-24-19-38(15-13-28(23)24)21-27(36-3)18-35-2)22-42-31-9-5-4-7-29(31)30-8-6-10-32(37-30)39-16-14-34(33(40)41)17-26(34)20-39/h4-12,18,26,36H,2,13-17,19-22H2,1,3H3,(H,40,41)/b27-18-/t26-,34+/m0/s1. The lowest BCUT2D eigenvalue weighted by molar-refractivity contribution is -0.144. The summed E-state index contributed by atoms with van der Waals surface area (Å²) in [5, 5.41) is 12.8. The number of anilines is 1. The Kier molecular flexibility index (Phi) is 7.73. The molecule has 42 heavy (non-hydrogen) atoms. The number of carboxylic acids is 1. The molecule has 3 aliphatic rings. The van der Waals surface area contributed by atoms with Gasteiger partial charge in [-0.05, 0) is 85.3 Å². The Balaban J connectivity index is 1.15. The van der Waals surface area contributed by atoms with Crippen LogP contribution >= 0.6 is 0 Å². The molecule has 2 aliphatic heterocycles. The smallest absolute Gasteiger partial charge is 0.310 e. The minimum absolute atomic E-state index is 0.213. The first kappa shape index (κ1) is 28.0. The zero-order valence-corrected chi connectivity index (χ0v) is 24.5. The number of carbonyl (C=O) groups is 1. The Labute approximate surface area is 247 Å². The number of aliphatic imine (C=N–C) groups is 1. The van der Waals surface area contributed by atoms with E-state index in [2.05, 4.69) is 51.9 Å². The van der Waals surface area contributed by atoms with Gasteiger partial charge in [-0.3, -0.25) is 14.7 Å². The summed E-state index contributed by atoms with van der Waals surface area (Å²) in [5.74, 6) is 1.27. The Morgan fingerprint density at radius 2 is 2.07 bits per heavy atom. The zero-order chi connectivity index (χ0) is 29.3. The van der Waals surface area contributed by atoms with Crippen LogP contribution in [0.5, 0.6) is 5.75 Å². The number of likely N-dealkylation sites (N-methyl/N-ethyl adjacent to an activating group) is 1. The molecule has 3 aromatic rings. The molecule has 218 valence electrons. The van der Waals surface area contributed by atoms with E-state index in [1.165, 1.54) is 22.3 Å². The molecule has 2 fully saturated rings. The third-order valence-corrected chi connectivity index (χ3v) is 9.37. The fourth-order valence-electron chi connectivity index (χ4n) is 6.68. The average Bonchev–Trinajstić information content (AvgIpc) is 3.76. The molecule has 2 N–H and O–H groups in total. The molecule has 0 amide bonds. The highest BCUT2D eigenvalue weighted by atomic mass is 16.5. The van der Waals surface area contributed by atoms with E-state index in [1.807, 2.05) is 43.4 Å². The molecule has 8 heteroatoms. The van der Waals surface area contributed by atoms with Crippen molar-refractivity contribution < 1.29 is 14.6 Å². The lowest BCUT2D eigenvalue weighted by atomic mass is 9.92. The van der Waals surface area contributed by atoms with E-state index >= 15 is 0 Å². The molecule has 0 spiro atoms. The summed E-state index contributed by atoms with van der Waals surface area (Å²) in [7, 11) is 1.92. The van der Waals surface area contributed by atoms with Crippen LogP contribution in [0, 0.1) is 18.3 Å². The highest BCUT2D eigenvalue weighted by molar-refractivity contribution is 5.79. The van der Waals surface area contributed by atoms with Crippen molar-refractivity contribution in [1.82, 2.24) is 15.2 Å². The number of para-hydroxylation sites is 1. The van der Waals surface area contributed by atoms with Crippen LogP contribution in [0.2, 0.25) is 0 Å². The number of aliphatic carboxylic acids is 1. The monoisotopic (exact) mass is 565 g/mol. The van der Waals surface area contributed by atoms with Gasteiger partial charge >= 0.3 is 5.97 Å². The van der Waals surface area contributed by atoms with Crippen molar-refractivity contribution in [1.29, 1.82) is 0 Å². The summed E-state index contributed by atoms with van der Waals surface area (Å²) in [6, 6.07) is 18.6. The van der Waals surface area contributed by atoms with Crippen molar-refractivity contribution >= 4 is 18.5 Å². The number of nitrogens with zero attached hydrogens (tertiary/aromatic N) is 4. The fraction of sp³-hybridized carbons (Fsp3) is 0.382. The van der Waals surface area contributed by atoms with E-state index in [9.17, 15) is 9.90 Å². The molecule has 0 unspecified atom stereocenters. The van der Waals surface area contributed by atoms with E-state index in [-0.39, 0.29) is 5.92 Å². The van der Waals surface area contributed by atoms with Crippen LogP contribution in [-0.2, 0) is 24.4 Å². The maximum absolute atomic E-state index is 11.7. The molecule has 0 bridgehead atoms. The highest BCUT2D eigenvalue weighted by Gasteiger charge is 2.62. The maximum Gasteiger partial charge on any atom is 0.310 e. The number of aromatic nitrogens is 1. The molecule has 2 atom stereocenters. The predicted octanol–water partition coefficient (Wildman–Crippen LogP) is 5.06. The number of hydrogen-bond donors (Lipinski definition) is 2. The second-order valence-electron chi connectivity index (χ2n) is 11.8. The predicted molar refractivity (Wildman–Crippen MR) is 166 cm³/mol. The first-order valence-corrected chi connectivity index (χ1v) is 14.7. The third kappa shape index (κ3) is 5.39. The van der Waals surface area contributed by atoms with Gasteiger partial charge in [-0.25, -0.2) is 4.98 Å². The van der Waals surface area contributed by atoms with Gasteiger partial charge in [0.15, 0.2) is 0 Å². The molecule has 1 aromatic heterocycles. The molecular formula is C34H39N5O3. The van der Waals surface area contributed by atoms with Gasteiger partial charge in [-0.15, -0.1) is 0 Å². The van der Waals surface area contributed by atoms with Gasteiger partial charge in [0.25, 0.3) is 0 Å². The van der Waals surface area contributed by atoms with E-state index in [0.29, 0.717) is 19.6 Å². The molecular weight excluding hydrogens is 526 g/mol. The number of benzene rings is 2. The molecule has 0 radical (unpaired) electrons. The highest BCUT2D eigenvalue weighted by Crippen LogP contribution is 2.58. The number of nitrogens with one attached hydrogen (secondary N) is 1. The van der Waals surface area contributed by atoms with Gasteiger partial charge < -0.3 is 20.1 Å². The first-order valence-electron chi connectivity index (χ1n) is 14.7. The Bertz CT molecular complexity index is 1540. The molecule has 1 saturated carbocycles. The van der Waals surface area contributed by atoms with Crippen LogP contribution in [0.15, 0.2) is 71.5 Å². The van der Waals surface area contributed by atoms with Crippen molar-refractivity contribution in [3.8, 4) is 17.0 Å². The lowest BCUT2D eigenvalue weighted by Crippen LogP contribution is -2.38. The molecule has 3 heterocycles. The Morgan fingerprint density at radius 1 is 1.21 bits per heavy atom. The van der Waals surface area contributed by atoms with Crippen LogP contribution < -0.4 is 15.0 Å². The fourth-order valence-corrected chi connectivity index (χ4v) is 6.68. The normalized spacial score (nSPS) is 21.7. The molecule has 6 rings (SSSR count). The number of ether oxygens (including phenoxy) is 1. The van der Waals surface area contributed by atoms with Crippen LogP contribution in [0.4, 0.5) is 5.82 Å². The van der Waals surface area contributed by atoms with Gasteiger partial charge in [-0.1, -0.05) is 30.3 Å². The van der Waals surface area contributed by atoms with Crippen molar-refractivity contribution in [2.24, 2.45) is 16.3 Å². The number of rotatable bonds is 10. The van der Waals surface area contributed by atoms with Crippen LogP contribution in [0.25, 0.3) is 11.3 Å². The number of piperidine rings is 1. The van der Waals surface area contributed by atoms with Crippen molar-refractivity contribution in [2.75, 3.05) is 38.1 Å². The summed E-state index contributed by atoms with van der Waals surface area (Å²) in [6.45, 7) is 10.5. The molecule has 1 aliphatic carbocycles. The van der Waals surface area contributed by atoms with Crippen LogP contribution in [0.1, 0.15) is 35.1 Å². The van der Waals surface area contributed by atoms with Crippen molar-refractivity contribution in [2.45, 2.75) is 39.3 Å². The van der Waals surface area contributed by atoms with Crippen LogP contribution in [-0.4, -0.2) is 60.9 Å². The Morgan fingerprint density at radius 3 is 2.86 bits per heavy atom. The van der Waals surface area contributed by atoms with Gasteiger partial charge in [0.05, 0.1) is 11.1 Å². The molecule has 8 nitrogen and oxygen atoms in total. The minimum Gasteiger partial charge on any atom is -0.488 e. The zero-order valence-electron chi connectivity index (χ0n) is 24.5. The van der Waals surface area contributed by atoms with Crippen molar-refractivity contribution in [3.05, 3.63) is 88.7 Å². The van der Waals surface area contributed by atoms with Gasteiger partial charge in [0.1, 0.15) is 18.2 Å². The third-order valence-electron chi connectivity index (χ3n) is 9.37. The van der Waals surface area contributed by atoms with E-state index in [1.54, 1.807) is 6.20 Å². The SMILES string of the molecule is C=N/C=C(/CN1CCc2c(ccc(COc3ccccc3-c3cccc(N4CC[C@@]5(C(=O)O)C[C@H]5C4)n3)c2C)C1)NC. The Hall–Kier alpha value is -4.17. The van der Waals surface area contributed by atoms with E-state index in [0.717, 1.165) is 67.5 Å². The topological polar surface area (TPSA) is 90.3 Å². The summed E-state index contributed by atoms with van der Waals surface area (Å²) in [6.07, 6.45) is 4.25. The second kappa shape index (κ2) is 11.6. The largest absolute Gasteiger partial charge is 0.488 e. The minimum atomic E-state index is -0.645. The number of fused-ring (bicyclic) bond motifs is 2. The average molecular weight is 566 g/mol.